The van der Waals surface area contributed by atoms with Crippen LogP contribution in [0.1, 0.15) is 41.1 Å². The number of thioether (sulfide) groups is 1. The van der Waals surface area contributed by atoms with E-state index in [1.807, 2.05) is 0 Å². The number of nitriles is 1. The second-order valence-corrected chi connectivity index (χ2v) is 8.78. The van der Waals surface area contributed by atoms with E-state index in [-0.39, 0.29) is 23.1 Å². The molecule has 0 saturated heterocycles. The van der Waals surface area contributed by atoms with Crippen molar-refractivity contribution in [1.29, 1.82) is 5.26 Å². The summed E-state index contributed by atoms with van der Waals surface area (Å²) in [6.07, 6.45) is 1.83. The molecule has 2 aliphatic rings. The average molecular weight is 453 g/mol. The van der Waals surface area contributed by atoms with Crippen LogP contribution in [0.2, 0.25) is 5.02 Å². The van der Waals surface area contributed by atoms with E-state index in [0.717, 1.165) is 12.1 Å². The molecule has 0 aromatic heterocycles. The second-order valence-electron chi connectivity index (χ2n) is 7.36. The Kier molecular flexibility index (Phi) is 6.26. The van der Waals surface area contributed by atoms with Crippen LogP contribution in [0.3, 0.4) is 0 Å². The fourth-order valence-electron chi connectivity index (χ4n) is 3.91. The molecule has 0 unspecified atom stereocenters. The minimum absolute atomic E-state index is 0.00474. The van der Waals surface area contributed by atoms with Crippen molar-refractivity contribution < 1.29 is 14.0 Å². The summed E-state index contributed by atoms with van der Waals surface area (Å²) in [5.74, 6) is -0.961. The molecular weight excluding hydrogens is 435 g/mol. The van der Waals surface area contributed by atoms with Crippen molar-refractivity contribution in [2.24, 2.45) is 0 Å². The predicted molar refractivity (Wildman–Crippen MR) is 119 cm³/mol. The van der Waals surface area contributed by atoms with Gasteiger partial charge in [0.05, 0.1) is 28.3 Å². The smallest absolute Gasteiger partial charge is 0.173 e. The predicted octanol–water partition coefficient (Wildman–Crippen LogP) is 5.52. The Hall–Kier alpha value is -2.88. The molecule has 0 saturated carbocycles. The summed E-state index contributed by atoms with van der Waals surface area (Å²) in [4.78, 5) is 25.4. The van der Waals surface area contributed by atoms with Crippen LogP contribution in [0.4, 0.5) is 4.39 Å². The van der Waals surface area contributed by atoms with Crippen LogP contribution >= 0.6 is 23.4 Å². The molecule has 2 aromatic carbocycles. The normalized spacial score (nSPS) is 18.4. The third kappa shape index (κ3) is 4.43. The molecular formula is C24H18ClFN2O2S. The number of halogens is 2. The summed E-state index contributed by atoms with van der Waals surface area (Å²) in [6, 6.07) is 14.8. The van der Waals surface area contributed by atoms with Gasteiger partial charge in [-0.3, -0.25) is 9.59 Å². The zero-order valence-electron chi connectivity index (χ0n) is 16.5. The van der Waals surface area contributed by atoms with Gasteiger partial charge in [-0.2, -0.15) is 5.26 Å². The van der Waals surface area contributed by atoms with Gasteiger partial charge in [0.1, 0.15) is 5.82 Å². The maximum atomic E-state index is 13.5. The van der Waals surface area contributed by atoms with E-state index in [0.29, 0.717) is 45.2 Å². The summed E-state index contributed by atoms with van der Waals surface area (Å²) in [5, 5.41) is 14.3. The van der Waals surface area contributed by atoms with Gasteiger partial charge in [0.15, 0.2) is 11.6 Å². The van der Waals surface area contributed by atoms with E-state index in [1.165, 1.54) is 23.9 Å². The molecule has 31 heavy (non-hydrogen) atoms. The van der Waals surface area contributed by atoms with Crippen molar-refractivity contribution in [2.45, 2.75) is 25.2 Å². The second kappa shape index (κ2) is 9.09. The lowest BCUT2D eigenvalue weighted by molar-refractivity contribution is -0.116. The molecule has 0 amide bonds. The highest BCUT2D eigenvalue weighted by molar-refractivity contribution is 8.03. The molecule has 1 N–H and O–H groups in total. The van der Waals surface area contributed by atoms with Gasteiger partial charge in [-0.05, 0) is 42.7 Å². The lowest BCUT2D eigenvalue weighted by Gasteiger charge is -2.33. The molecule has 1 heterocycles. The van der Waals surface area contributed by atoms with E-state index >= 15 is 0 Å². The van der Waals surface area contributed by atoms with Crippen LogP contribution in [-0.2, 0) is 4.79 Å². The number of rotatable bonds is 5. The van der Waals surface area contributed by atoms with Gasteiger partial charge >= 0.3 is 0 Å². The summed E-state index contributed by atoms with van der Waals surface area (Å²) in [6.45, 7) is 0. The number of hydrogen-bond acceptors (Lipinski definition) is 5. The van der Waals surface area contributed by atoms with Crippen LogP contribution < -0.4 is 5.32 Å². The molecule has 1 atom stereocenters. The van der Waals surface area contributed by atoms with Crippen molar-refractivity contribution in [2.75, 3.05) is 5.75 Å². The number of allylic oxidation sites excluding steroid dienone is 3. The Morgan fingerprint density at radius 1 is 1.23 bits per heavy atom. The molecule has 7 heteroatoms. The number of Topliss-reactive ketones (excluding diaryl/α,β-unsaturated/α-hetero) is 2. The molecule has 1 aliphatic carbocycles. The van der Waals surface area contributed by atoms with Crippen molar-refractivity contribution in [1.82, 2.24) is 5.32 Å². The Balaban J connectivity index is 1.68. The first-order valence-corrected chi connectivity index (χ1v) is 11.2. The highest BCUT2D eigenvalue weighted by Crippen LogP contribution is 2.44. The van der Waals surface area contributed by atoms with Crippen molar-refractivity contribution in [3.8, 4) is 6.07 Å². The Morgan fingerprint density at radius 3 is 2.71 bits per heavy atom. The van der Waals surface area contributed by atoms with Crippen LogP contribution in [-0.4, -0.2) is 17.3 Å². The number of carbonyl (C=O) groups excluding carboxylic acids is 2. The Morgan fingerprint density at radius 2 is 2.00 bits per heavy atom. The third-order valence-corrected chi connectivity index (χ3v) is 6.61. The number of nitrogens with zero attached hydrogens (tertiary/aromatic N) is 1. The zero-order valence-corrected chi connectivity index (χ0v) is 18.0. The van der Waals surface area contributed by atoms with Crippen molar-refractivity contribution >= 4 is 34.9 Å². The number of ketones is 2. The molecule has 0 fully saturated rings. The SMILES string of the molecule is N#CC1=C(SCC(=O)c2cccc(Cl)c2)NC2=C(C(=O)CCC2)[C@@H]1c1ccc(F)cc1. The highest BCUT2D eigenvalue weighted by atomic mass is 35.5. The monoisotopic (exact) mass is 452 g/mol. The molecule has 1 aliphatic heterocycles. The molecule has 4 rings (SSSR count). The minimum atomic E-state index is -0.571. The minimum Gasteiger partial charge on any atom is -0.352 e. The van der Waals surface area contributed by atoms with Gasteiger partial charge in [0.25, 0.3) is 0 Å². The molecule has 2 aromatic rings. The van der Waals surface area contributed by atoms with E-state index < -0.39 is 5.92 Å². The van der Waals surface area contributed by atoms with Gasteiger partial charge < -0.3 is 5.32 Å². The average Bonchev–Trinajstić information content (AvgIpc) is 2.77. The number of nitrogens with one attached hydrogen (secondary N) is 1. The Bertz CT molecular complexity index is 1160. The summed E-state index contributed by atoms with van der Waals surface area (Å²) < 4.78 is 13.5. The molecule has 0 bridgehead atoms. The van der Waals surface area contributed by atoms with Crippen LogP contribution in [0, 0.1) is 17.1 Å². The topological polar surface area (TPSA) is 70.0 Å². The lowest BCUT2D eigenvalue weighted by Crippen LogP contribution is -2.31. The van der Waals surface area contributed by atoms with Crippen molar-refractivity contribution in [3.63, 3.8) is 0 Å². The number of carbonyl (C=O) groups is 2. The first-order valence-electron chi connectivity index (χ1n) is 9.82. The molecule has 4 nitrogen and oxygen atoms in total. The number of hydrogen-bond donors (Lipinski definition) is 1. The van der Waals surface area contributed by atoms with Gasteiger partial charge in [-0.25, -0.2) is 4.39 Å². The maximum Gasteiger partial charge on any atom is 0.173 e. The highest BCUT2D eigenvalue weighted by Gasteiger charge is 2.37. The third-order valence-electron chi connectivity index (χ3n) is 5.36. The Labute approximate surface area is 188 Å². The van der Waals surface area contributed by atoms with Gasteiger partial charge in [-0.1, -0.05) is 47.6 Å². The van der Waals surface area contributed by atoms with Crippen molar-refractivity contribution in [3.05, 3.63) is 92.4 Å². The fraction of sp³-hybridized carbons (Fsp3) is 0.208. The lowest BCUT2D eigenvalue weighted by atomic mass is 9.77. The first kappa shape index (κ1) is 21.4. The van der Waals surface area contributed by atoms with Crippen LogP contribution in [0.25, 0.3) is 0 Å². The largest absolute Gasteiger partial charge is 0.352 e. The summed E-state index contributed by atoms with van der Waals surface area (Å²) in [5.41, 5.74) is 2.89. The van der Waals surface area contributed by atoms with Gasteiger partial charge in [-0.15, -0.1) is 0 Å². The molecule has 156 valence electrons. The zero-order chi connectivity index (χ0) is 22.0. The van der Waals surface area contributed by atoms with E-state index in [9.17, 15) is 19.2 Å². The quantitative estimate of drug-likeness (QED) is 0.604. The van der Waals surface area contributed by atoms with E-state index in [2.05, 4.69) is 11.4 Å². The van der Waals surface area contributed by atoms with Crippen LogP contribution in [0.5, 0.6) is 0 Å². The van der Waals surface area contributed by atoms with Gasteiger partial charge in [0.2, 0.25) is 0 Å². The summed E-state index contributed by atoms with van der Waals surface area (Å²) >= 11 is 7.21. The summed E-state index contributed by atoms with van der Waals surface area (Å²) in [7, 11) is 0. The number of dihydropyridines is 1. The first-order chi connectivity index (χ1) is 15.0. The number of benzene rings is 2. The molecule has 0 spiro atoms. The van der Waals surface area contributed by atoms with Crippen LogP contribution in [0.15, 0.2) is 70.4 Å². The van der Waals surface area contributed by atoms with E-state index in [4.69, 9.17) is 11.6 Å². The fourth-order valence-corrected chi connectivity index (χ4v) is 5.06. The van der Waals surface area contributed by atoms with E-state index in [1.54, 1.807) is 36.4 Å². The standard InChI is InChI=1S/C24H18ClFN2O2S/c25-16-4-1-3-15(11-16)21(30)13-31-24-18(12-27)22(14-7-9-17(26)10-8-14)23-19(28-24)5-2-6-20(23)29/h1,3-4,7-11,22,28H,2,5-6,13H2/t22-/m1/s1. The van der Waals surface area contributed by atoms with Gasteiger partial charge in [0, 0.05) is 28.3 Å². The molecule has 0 radical (unpaired) electrons. The maximum absolute atomic E-state index is 13.5.